The number of hydrogen-bond donors (Lipinski definition) is 1. The number of rotatable bonds is 5. The van der Waals surface area contributed by atoms with Gasteiger partial charge in [-0.3, -0.25) is 4.79 Å². The molecule has 4 heteroatoms. The summed E-state index contributed by atoms with van der Waals surface area (Å²) in [4.78, 5) is 13.9. The molecule has 0 fully saturated rings. The lowest BCUT2D eigenvalue weighted by molar-refractivity contribution is -0.117. The highest BCUT2D eigenvalue weighted by atomic mass is 16.1. The number of carbonyl (C=O) groups is 1. The van der Waals surface area contributed by atoms with Crippen LogP contribution in [0.2, 0.25) is 0 Å². The molecule has 0 heterocycles. The number of carbonyl (C=O) groups excluding carboxylic acids is 1. The van der Waals surface area contributed by atoms with Crippen LogP contribution >= 0.6 is 0 Å². The normalized spacial score (nSPS) is 13.7. The topological polar surface area (TPSA) is 56.1 Å². The minimum Gasteiger partial charge on any atom is -0.372 e. The zero-order chi connectivity index (χ0) is 14.3. The quantitative estimate of drug-likeness (QED) is 0.603. The second kappa shape index (κ2) is 7.05. The fraction of sp³-hybridized carbons (Fsp3) is 0.714. The van der Waals surface area contributed by atoms with Crippen molar-refractivity contribution in [1.29, 1.82) is 5.26 Å². The summed E-state index contributed by atoms with van der Waals surface area (Å²) in [6.07, 6.45) is 2.50. The number of nitrogens with zero attached hydrogens (tertiary/aromatic N) is 2. The summed E-state index contributed by atoms with van der Waals surface area (Å²) in [7, 11) is 0. The van der Waals surface area contributed by atoms with E-state index in [0.29, 0.717) is 0 Å². The van der Waals surface area contributed by atoms with Gasteiger partial charge in [0.15, 0.2) is 0 Å². The molecule has 0 aliphatic rings. The van der Waals surface area contributed by atoms with Crippen LogP contribution in [0.5, 0.6) is 0 Å². The molecular weight excluding hydrogens is 226 g/mol. The number of hydrogen-bond acceptors (Lipinski definition) is 3. The van der Waals surface area contributed by atoms with E-state index in [1.807, 2.05) is 31.7 Å². The van der Waals surface area contributed by atoms with E-state index in [1.54, 1.807) is 6.20 Å². The molecule has 1 amide bonds. The van der Waals surface area contributed by atoms with Gasteiger partial charge in [-0.2, -0.15) is 5.26 Å². The largest absolute Gasteiger partial charge is 0.372 e. The van der Waals surface area contributed by atoms with Crippen LogP contribution in [0, 0.1) is 11.3 Å². The van der Waals surface area contributed by atoms with E-state index in [-0.39, 0.29) is 23.1 Å². The Labute approximate surface area is 111 Å². The molecule has 0 rings (SSSR count). The van der Waals surface area contributed by atoms with E-state index in [1.165, 1.54) is 0 Å². The third-order valence-corrected chi connectivity index (χ3v) is 2.84. The Balaban J connectivity index is 4.97. The third-order valence-electron chi connectivity index (χ3n) is 2.84. The lowest BCUT2D eigenvalue weighted by Crippen LogP contribution is -2.39. The first kappa shape index (κ1) is 16.5. The summed E-state index contributed by atoms with van der Waals surface area (Å²) in [5.41, 5.74) is 0.0557. The zero-order valence-electron chi connectivity index (χ0n) is 12.4. The molecule has 0 saturated carbocycles. The predicted molar refractivity (Wildman–Crippen MR) is 73.7 cm³/mol. The van der Waals surface area contributed by atoms with Gasteiger partial charge >= 0.3 is 0 Å². The molecule has 4 nitrogen and oxygen atoms in total. The Morgan fingerprint density at radius 2 is 2.00 bits per heavy atom. The highest BCUT2D eigenvalue weighted by Gasteiger charge is 2.19. The molecule has 0 aromatic heterocycles. The summed E-state index contributed by atoms with van der Waals surface area (Å²) < 4.78 is 0. The molecule has 0 bridgehead atoms. The molecular formula is C14H25N3O. The smallest absolute Gasteiger partial charge is 0.263 e. The Kier molecular flexibility index (Phi) is 6.46. The van der Waals surface area contributed by atoms with Crippen LogP contribution in [0.15, 0.2) is 11.8 Å². The number of nitriles is 1. The van der Waals surface area contributed by atoms with Gasteiger partial charge in [-0.05, 0) is 41.0 Å². The average molecular weight is 251 g/mol. The van der Waals surface area contributed by atoms with Gasteiger partial charge < -0.3 is 10.2 Å². The second-order valence-corrected chi connectivity index (χ2v) is 5.39. The molecule has 0 spiro atoms. The van der Waals surface area contributed by atoms with Crippen LogP contribution in [0.25, 0.3) is 0 Å². The summed E-state index contributed by atoms with van der Waals surface area (Å²) >= 11 is 0. The molecule has 0 radical (unpaired) electrons. The van der Waals surface area contributed by atoms with Gasteiger partial charge in [0.05, 0.1) is 0 Å². The SMILES string of the molecule is CCC(C)NC(=O)/C(C#N)=C\N(CC)C(C)(C)C. The van der Waals surface area contributed by atoms with Crippen LogP contribution in [0.4, 0.5) is 0 Å². The fourth-order valence-corrected chi connectivity index (χ4v) is 1.46. The van der Waals surface area contributed by atoms with E-state index in [0.717, 1.165) is 13.0 Å². The Bertz CT molecular complexity index is 347. The molecule has 0 aromatic rings. The minimum absolute atomic E-state index is 0.0824. The van der Waals surface area contributed by atoms with Crippen molar-refractivity contribution in [2.75, 3.05) is 6.54 Å². The fourth-order valence-electron chi connectivity index (χ4n) is 1.46. The van der Waals surface area contributed by atoms with Gasteiger partial charge in [0.25, 0.3) is 5.91 Å². The second-order valence-electron chi connectivity index (χ2n) is 5.39. The van der Waals surface area contributed by atoms with E-state index >= 15 is 0 Å². The summed E-state index contributed by atoms with van der Waals surface area (Å²) in [5, 5.41) is 11.9. The van der Waals surface area contributed by atoms with E-state index < -0.39 is 0 Å². The van der Waals surface area contributed by atoms with Crippen LogP contribution in [0.1, 0.15) is 48.0 Å². The molecule has 102 valence electrons. The van der Waals surface area contributed by atoms with Crippen LogP contribution in [-0.2, 0) is 4.79 Å². The van der Waals surface area contributed by atoms with Gasteiger partial charge in [0.1, 0.15) is 11.6 Å². The molecule has 1 atom stereocenters. The molecule has 1 unspecified atom stereocenters. The van der Waals surface area contributed by atoms with Gasteiger partial charge in [-0.15, -0.1) is 0 Å². The maximum Gasteiger partial charge on any atom is 0.263 e. The van der Waals surface area contributed by atoms with Crippen LogP contribution in [-0.4, -0.2) is 28.9 Å². The molecule has 0 saturated heterocycles. The third kappa shape index (κ3) is 5.22. The van der Waals surface area contributed by atoms with Crippen LogP contribution < -0.4 is 5.32 Å². The number of nitrogens with one attached hydrogen (secondary N) is 1. The van der Waals surface area contributed by atoms with E-state index in [2.05, 4.69) is 26.1 Å². The first-order valence-electron chi connectivity index (χ1n) is 6.45. The summed E-state index contributed by atoms with van der Waals surface area (Å²) in [6, 6.07) is 2.06. The summed E-state index contributed by atoms with van der Waals surface area (Å²) in [6.45, 7) is 12.8. The molecule has 1 N–H and O–H groups in total. The maximum absolute atomic E-state index is 11.9. The van der Waals surface area contributed by atoms with E-state index in [9.17, 15) is 4.79 Å². The predicted octanol–water partition coefficient (Wildman–Crippen LogP) is 2.43. The lowest BCUT2D eigenvalue weighted by Gasteiger charge is -2.34. The van der Waals surface area contributed by atoms with Crippen molar-refractivity contribution in [3.63, 3.8) is 0 Å². The standard InChI is InChI=1S/C14H25N3O/c1-7-11(3)16-13(18)12(9-15)10-17(8-2)14(4,5)6/h10-11H,7-8H2,1-6H3,(H,16,18)/b12-10-. The van der Waals surface area contributed by atoms with Crippen molar-refractivity contribution in [2.45, 2.75) is 59.5 Å². The molecule has 0 aliphatic carbocycles. The van der Waals surface area contributed by atoms with Crippen molar-refractivity contribution in [3.8, 4) is 6.07 Å². The molecule has 0 aliphatic heterocycles. The zero-order valence-corrected chi connectivity index (χ0v) is 12.4. The Morgan fingerprint density at radius 3 is 2.33 bits per heavy atom. The molecule has 18 heavy (non-hydrogen) atoms. The van der Waals surface area contributed by atoms with Gasteiger partial charge in [-0.25, -0.2) is 0 Å². The monoisotopic (exact) mass is 251 g/mol. The maximum atomic E-state index is 11.9. The van der Waals surface area contributed by atoms with Crippen LogP contribution in [0.3, 0.4) is 0 Å². The van der Waals surface area contributed by atoms with Gasteiger partial charge in [-0.1, -0.05) is 6.92 Å². The van der Waals surface area contributed by atoms with Gasteiger partial charge in [0, 0.05) is 24.3 Å². The molecule has 0 aromatic carbocycles. The first-order chi connectivity index (χ1) is 8.26. The van der Waals surface area contributed by atoms with Crippen molar-refractivity contribution in [1.82, 2.24) is 10.2 Å². The van der Waals surface area contributed by atoms with Crippen molar-refractivity contribution in [2.24, 2.45) is 0 Å². The highest BCUT2D eigenvalue weighted by molar-refractivity contribution is 5.97. The Hall–Kier alpha value is -1.50. The number of amides is 1. The van der Waals surface area contributed by atoms with Crippen molar-refractivity contribution >= 4 is 5.91 Å². The average Bonchev–Trinajstić information content (AvgIpc) is 2.28. The van der Waals surface area contributed by atoms with E-state index in [4.69, 9.17) is 5.26 Å². The minimum atomic E-state index is -0.297. The van der Waals surface area contributed by atoms with Gasteiger partial charge in [0.2, 0.25) is 0 Å². The summed E-state index contributed by atoms with van der Waals surface area (Å²) in [5.74, 6) is -0.297. The van der Waals surface area contributed by atoms with Crippen molar-refractivity contribution < 1.29 is 4.79 Å². The Morgan fingerprint density at radius 1 is 1.44 bits per heavy atom. The lowest BCUT2D eigenvalue weighted by atomic mass is 10.1. The first-order valence-corrected chi connectivity index (χ1v) is 6.45. The highest BCUT2D eigenvalue weighted by Crippen LogP contribution is 2.14. The van der Waals surface area contributed by atoms with Crippen molar-refractivity contribution in [3.05, 3.63) is 11.8 Å².